The van der Waals surface area contributed by atoms with E-state index in [1.165, 1.54) is 39.8 Å². The van der Waals surface area contributed by atoms with E-state index in [9.17, 15) is 14.0 Å². The van der Waals surface area contributed by atoms with Crippen LogP contribution in [0.4, 0.5) is 10.1 Å². The van der Waals surface area contributed by atoms with E-state index in [0.29, 0.717) is 47.9 Å². The molecule has 0 saturated heterocycles. The standard InChI is InChI=1S/C31H24FN5O3S2/c1-17-15-18(2)34-30(33-17)42-25-14-13-23(40-25)16-24-29(39)37-27(20-9-11-21(32)12-10-20)26(19(3)35-31(37)41-24)28(38)36-22-7-5-4-6-8-22/h4-16,27H,1-3H3,(H,36,38)/b24-16+/t27-/m0/s1. The Bertz CT molecular complexity index is 2010. The van der Waals surface area contributed by atoms with E-state index in [1.807, 2.05) is 38.1 Å². The van der Waals surface area contributed by atoms with E-state index in [-0.39, 0.29) is 5.56 Å². The highest BCUT2D eigenvalue weighted by atomic mass is 32.2. The lowest BCUT2D eigenvalue weighted by atomic mass is 9.95. The summed E-state index contributed by atoms with van der Waals surface area (Å²) in [4.78, 5) is 41.4. The van der Waals surface area contributed by atoms with Gasteiger partial charge < -0.3 is 9.73 Å². The molecule has 1 atom stereocenters. The van der Waals surface area contributed by atoms with Gasteiger partial charge in [-0.05, 0) is 80.6 Å². The molecule has 3 aromatic heterocycles. The van der Waals surface area contributed by atoms with Crippen LogP contribution in [0.25, 0.3) is 6.08 Å². The number of anilines is 1. The number of rotatable bonds is 6. The van der Waals surface area contributed by atoms with Gasteiger partial charge in [-0.3, -0.25) is 14.2 Å². The second kappa shape index (κ2) is 11.3. The Hall–Kier alpha value is -4.61. The third-order valence-electron chi connectivity index (χ3n) is 6.51. The second-order valence-electron chi connectivity index (χ2n) is 9.65. The van der Waals surface area contributed by atoms with Crippen molar-refractivity contribution in [2.24, 2.45) is 4.99 Å². The number of allylic oxidation sites excluding steroid dienone is 1. The molecular formula is C31H24FN5O3S2. The Kier molecular flexibility index (Phi) is 7.44. The predicted molar refractivity (Wildman–Crippen MR) is 160 cm³/mol. The molecular weight excluding hydrogens is 574 g/mol. The van der Waals surface area contributed by atoms with Crippen molar-refractivity contribution in [3.63, 3.8) is 0 Å². The first kappa shape index (κ1) is 27.6. The third kappa shape index (κ3) is 5.61. The second-order valence-corrected chi connectivity index (χ2v) is 11.6. The van der Waals surface area contributed by atoms with Crippen LogP contribution in [0.1, 0.15) is 35.7 Å². The highest BCUT2D eigenvalue weighted by molar-refractivity contribution is 7.99. The largest absolute Gasteiger partial charge is 0.450 e. The number of benzene rings is 2. The number of nitrogens with one attached hydrogen (secondary N) is 1. The normalized spacial score (nSPS) is 15.0. The van der Waals surface area contributed by atoms with E-state index in [0.717, 1.165) is 11.4 Å². The minimum Gasteiger partial charge on any atom is -0.450 e. The third-order valence-corrected chi connectivity index (χ3v) is 8.28. The molecule has 0 spiro atoms. The zero-order valence-corrected chi connectivity index (χ0v) is 24.4. The number of amides is 1. The molecule has 0 bridgehead atoms. The molecule has 0 saturated carbocycles. The van der Waals surface area contributed by atoms with Crippen molar-refractivity contribution >= 4 is 40.8 Å². The fraction of sp³-hybridized carbons (Fsp3) is 0.129. The summed E-state index contributed by atoms with van der Waals surface area (Å²) < 4.78 is 21.7. The number of halogens is 1. The van der Waals surface area contributed by atoms with Crippen molar-refractivity contribution in [1.29, 1.82) is 0 Å². The van der Waals surface area contributed by atoms with Crippen molar-refractivity contribution in [2.75, 3.05) is 5.32 Å². The van der Waals surface area contributed by atoms with E-state index in [2.05, 4.69) is 20.3 Å². The predicted octanol–water partition coefficient (Wildman–Crippen LogP) is 5.16. The van der Waals surface area contributed by atoms with Gasteiger partial charge in [0.1, 0.15) is 11.6 Å². The molecule has 11 heteroatoms. The summed E-state index contributed by atoms with van der Waals surface area (Å²) in [5.74, 6) is -0.338. The molecule has 0 radical (unpaired) electrons. The summed E-state index contributed by atoms with van der Waals surface area (Å²) in [6, 6.07) is 19.5. The van der Waals surface area contributed by atoms with Crippen LogP contribution in [-0.4, -0.2) is 20.4 Å². The van der Waals surface area contributed by atoms with Crippen molar-refractivity contribution < 1.29 is 13.6 Å². The van der Waals surface area contributed by atoms with Crippen LogP contribution in [0, 0.1) is 19.7 Å². The van der Waals surface area contributed by atoms with Crippen LogP contribution in [0.15, 0.2) is 109 Å². The lowest BCUT2D eigenvalue weighted by molar-refractivity contribution is -0.113. The molecule has 8 nitrogen and oxygen atoms in total. The molecule has 1 aliphatic rings. The number of aromatic nitrogens is 3. The number of carbonyl (C=O) groups is 1. The van der Waals surface area contributed by atoms with Crippen LogP contribution in [0.2, 0.25) is 0 Å². The maximum absolute atomic E-state index is 13.9. The molecule has 42 heavy (non-hydrogen) atoms. The molecule has 4 heterocycles. The Morgan fingerprint density at radius 1 is 1.02 bits per heavy atom. The van der Waals surface area contributed by atoms with E-state index in [4.69, 9.17) is 4.42 Å². The number of hydrogen-bond acceptors (Lipinski definition) is 8. The SMILES string of the molecule is CC1=C(C(=O)Nc2ccccc2)[C@H](c2ccc(F)cc2)n2c(s/c(=C/c3ccc(Sc4nc(C)cc(C)n4)o3)c2=O)=N1. The first-order valence-corrected chi connectivity index (χ1v) is 14.6. The molecule has 0 fully saturated rings. The highest BCUT2D eigenvalue weighted by Crippen LogP contribution is 2.31. The molecule has 1 aliphatic heterocycles. The summed E-state index contributed by atoms with van der Waals surface area (Å²) in [7, 11) is 0. The summed E-state index contributed by atoms with van der Waals surface area (Å²) >= 11 is 2.49. The average Bonchev–Trinajstić information content (AvgIpc) is 3.51. The number of carbonyl (C=O) groups excluding carboxylic acids is 1. The van der Waals surface area contributed by atoms with E-state index in [1.54, 1.807) is 49.4 Å². The van der Waals surface area contributed by atoms with Crippen molar-refractivity contribution in [2.45, 2.75) is 37.1 Å². The molecule has 0 unspecified atom stereocenters. The van der Waals surface area contributed by atoms with Gasteiger partial charge in [-0.2, -0.15) is 0 Å². The van der Waals surface area contributed by atoms with Crippen LogP contribution < -0.4 is 20.2 Å². The van der Waals surface area contributed by atoms with Gasteiger partial charge in [-0.1, -0.05) is 41.7 Å². The lowest BCUT2D eigenvalue weighted by Gasteiger charge is -2.25. The van der Waals surface area contributed by atoms with Gasteiger partial charge in [0, 0.05) is 23.2 Å². The van der Waals surface area contributed by atoms with Crippen LogP contribution in [0.5, 0.6) is 0 Å². The minimum atomic E-state index is -0.808. The number of fused-ring (bicyclic) bond motifs is 1. The van der Waals surface area contributed by atoms with Gasteiger partial charge in [-0.15, -0.1) is 0 Å². The van der Waals surface area contributed by atoms with Crippen molar-refractivity contribution in [1.82, 2.24) is 14.5 Å². The van der Waals surface area contributed by atoms with Crippen LogP contribution in [-0.2, 0) is 4.79 Å². The maximum Gasteiger partial charge on any atom is 0.271 e. The van der Waals surface area contributed by atoms with Gasteiger partial charge in [0.05, 0.1) is 21.8 Å². The smallest absolute Gasteiger partial charge is 0.271 e. The van der Waals surface area contributed by atoms with E-state index < -0.39 is 17.8 Å². The average molecular weight is 598 g/mol. The Morgan fingerprint density at radius 3 is 2.45 bits per heavy atom. The number of aryl methyl sites for hydroxylation is 2. The quantitative estimate of drug-likeness (QED) is 0.271. The van der Waals surface area contributed by atoms with Gasteiger partial charge in [-0.25, -0.2) is 19.4 Å². The summed E-state index contributed by atoms with van der Waals surface area (Å²) in [5.41, 5.74) is 3.35. The summed E-state index contributed by atoms with van der Waals surface area (Å²) in [6.07, 6.45) is 1.65. The molecule has 1 amide bonds. The zero-order valence-electron chi connectivity index (χ0n) is 22.8. The summed E-state index contributed by atoms with van der Waals surface area (Å²) in [5, 5.41) is 4.06. The monoisotopic (exact) mass is 597 g/mol. The molecule has 1 N–H and O–H groups in total. The molecule has 5 aromatic rings. The molecule has 210 valence electrons. The van der Waals surface area contributed by atoms with Gasteiger partial charge in [0.25, 0.3) is 11.5 Å². The Balaban J connectivity index is 1.40. The topological polar surface area (TPSA) is 102 Å². The van der Waals surface area contributed by atoms with Gasteiger partial charge in [0.15, 0.2) is 15.1 Å². The first-order valence-electron chi connectivity index (χ1n) is 13.0. The van der Waals surface area contributed by atoms with Crippen molar-refractivity contribution in [3.05, 3.63) is 132 Å². The number of thiazole rings is 1. The zero-order chi connectivity index (χ0) is 29.4. The number of nitrogens with zero attached hydrogens (tertiary/aromatic N) is 4. The highest BCUT2D eigenvalue weighted by Gasteiger charge is 2.32. The molecule has 2 aromatic carbocycles. The minimum absolute atomic E-state index is 0.301. The van der Waals surface area contributed by atoms with E-state index >= 15 is 0 Å². The first-order chi connectivity index (χ1) is 20.2. The lowest BCUT2D eigenvalue weighted by Crippen LogP contribution is -2.40. The van der Waals surface area contributed by atoms with Gasteiger partial charge >= 0.3 is 0 Å². The number of hydrogen-bond donors (Lipinski definition) is 1. The fourth-order valence-electron chi connectivity index (χ4n) is 4.72. The molecule has 6 rings (SSSR count). The number of para-hydroxylation sites is 1. The van der Waals surface area contributed by atoms with Crippen molar-refractivity contribution in [3.8, 4) is 0 Å². The number of furan rings is 1. The van der Waals surface area contributed by atoms with Crippen LogP contribution in [0.3, 0.4) is 0 Å². The Labute approximate surface area is 248 Å². The van der Waals surface area contributed by atoms with Gasteiger partial charge in [0.2, 0.25) is 0 Å². The van der Waals surface area contributed by atoms with Crippen LogP contribution >= 0.6 is 23.1 Å². The Morgan fingerprint density at radius 2 is 1.74 bits per heavy atom. The maximum atomic E-state index is 13.9. The molecule has 0 aliphatic carbocycles. The fourth-order valence-corrected chi connectivity index (χ4v) is 6.58. The summed E-state index contributed by atoms with van der Waals surface area (Å²) in [6.45, 7) is 5.55.